The summed E-state index contributed by atoms with van der Waals surface area (Å²) in [5.74, 6) is 0.646. The maximum Gasteiger partial charge on any atom is 0.268 e. The summed E-state index contributed by atoms with van der Waals surface area (Å²) >= 11 is 0. The molecule has 1 aromatic heterocycles. The summed E-state index contributed by atoms with van der Waals surface area (Å²) in [7, 11) is 3.59. The number of nitrogens with zero attached hydrogens (tertiary/aromatic N) is 3. The van der Waals surface area contributed by atoms with E-state index < -0.39 is 0 Å². The number of likely N-dealkylation sites (N-methyl/N-ethyl adjacent to an activating group) is 1. The lowest BCUT2D eigenvalue weighted by Gasteiger charge is -2.18. The predicted octanol–water partition coefficient (Wildman–Crippen LogP) is 0.962. The fraction of sp³-hybridized carbons (Fsp3) is 0.733. The largest absolute Gasteiger partial charge is 0.383 e. The quantitative estimate of drug-likeness (QED) is 0.652. The van der Waals surface area contributed by atoms with Gasteiger partial charge in [0.25, 0.3) is 5.56 Å². The average molecular weight is 296 g/mol. The zero-order chi connectivity index (χ0) is 15.7. The number of aromatic nitrogens is 2. The summed E-state index contributed by atoms with van der Waals surface area (Å²) in [6.07, 6.45) is 2.64. The molecule has 0 aliphatic rings. The minimum absolute atomic E-state index is 0.0550. The van der Waals surface area contributed by atoms with Crippen LogP contribution in [0.15, 0.2) is 17.1 Å². The molecular weight excluding hydrogens is 268 g/mol. The Hall–Kier alpha value is -1.40. The van der Waals surface area contributed by atoms with Gasteiger partial charge in [0.1, 0.15) is 0 Å². The third-order valence-electron chi connectivity index (χ3n) is 3.20. The second-order valence-corrected chi connectivity index (χ2v) is 5.64. The molecule has 1 aromatic rings. The van der Waals surface area contributed by atoms with Crippen molar-refractivity contribution in [2.45, 2.75) is 26.8 Å². The van der Waals surface area contributed by atoms with Crippen LogP contribution in [0.3, 0.4) is 0 Å². The molecule has 0 bridgehead atoms. The summed E-state index contributed by atoms with van der Waals surface area (Å²) in [5.41, 5.74) is 0.770. The zero-order valence-corrected chi connectivity index (χ0v) is 13.6. The number of ether oxygens (including phenoxy) is 1. The van der Waals surface area contributed by atoms with Gasteiger partial charge in [-0.3, -0.25) is 4.79 Å². The molecule has 6 nitrogen and oxygen atoms in total. The van der Waals surface area contributed by atoms with Gasteiger partial charge in [-0.2, -0.15) is 5.10 Å². The smallest absolute Gasteiger partial charge is 0.268 e. The van der Waals surface area contributed by atoms with Gasteiger partial charge >= 0.3 is 0 Å². The molecule has 0 fully saturated rings. The van der Waals surface area contributed by atoms with E-state index >= 15 is 0 Å². The third kappa shape index (κ3) is 6.73. The van der Waals surface area contributed by atoms with Gasteiger partial charge in [-0.15, -0.1) is 0 Å². The first-order valence-electron chi connectivity index (χ1n) is 7.52. The minimum Gasteiger partial charge on any atom is -0.383 e. The number of hydrogen-bond donors (Lipinski definition) is 1. The van der Waals surface area contributed by atoms with E-state index in [2.05, 4.69) is 24.3 Å². The second kappa shape index (κ2) is 9.52. The van der Waals surface area contributed by atoms with Crippen molar-refractivity contribution in [1.82, 2.24) is 15.1 Å². The topological polar surface area (TPSA) is 59.4 Å². The average Bonchev–Trinajstić information content (AvgIpc) is 2.45. The minimum atomic E-state index is -0.0550. The van der Waals surface area contributed by atoms with E-state index in [1.807, 2.05) is 11.9 Å². The van der Waals surface area contributed by atoms with Crippen molar-refractivity contribution in [2.75, 3.05) is 45.3 Å². The third-order valence-corrected chi connectivity index (χ3v) is 3.20. The molecule has 0 saturated heterocycles. The van der Waals surface area contributed by atoms with Crippen LogP contribution in [-0.4, -0.2) is 50.2 Å². The van der Waals surface area contributed by atoms with Gasteiger partial charge in [0.15, 0.2) is 0 Å². The van der Waals surface area contributed by atoms with Gasteiger partial charge in [0.2, 0.25) is 0 Å². The lowest BCUT2D eigenvalue weighted by Crippen LogP contribution is -2.29. The van der Waals surface area contributed by atoms with E-state index in [0.29, 0.717) is 19.1 Å². The molecule has 1 rings (SSSR count). The zero-order valence-electron chi connectivity index (χ0n) is 13.6. The maximum atomic E-state index is 12.0. The summed E-state index contributed by atoms with van der Waals surface area (Å²) in [4.78, 5) is 14.0. The summed E-state index contributed by atoms with van der Waals surface area (Å²) < 4.78 is 6.55. The number of aryl methyl sites for hydroxylation is 1. The molecule has 1 heterocycles. The fourth-order valence-corrected chi connectivity index (χ4v) is 1.90. The van der Waals surface area contributed by atoms with E-state index in [-0.39, 0.29) is 5.56 Å². The molecule has 1 N–H and O–H groups in total. The monoisotopic (exact) mass is 296 g/mol. The highest BCUT2D eigenvalue weighted by molar-refractivity contribution is 5.41. The molecule has 120 valence electrons. The van der Waals surface area contributed by atoms with Crippen molar-refractivity contribution in [2.24, 2.45) is 5.92 Å². The van der Waals surface area contributed by atoms with Crippen LogP contribution >= 0.6 is 0 Å². The maximum absolute atomic E-state index is 12.0. The Morgan fingerprint density at radius 2 is 2.24 bits per heavy atom. The summed E-state index contributed by atoms with van der Waals surface area (Å²) in [6.45, 7) is 8.27. The molecule has 21 heavy (non-hydrogen) atoms. The van der Waals surface area contributed by atoms with Crippen LogP contribution in [0.2, 0.25) is 0 Å². The predicted molar refractivity (Wildman–Crippen MR) is 86.0 cm³/mol. The number of methoxy groups -OCH3 is 1. The normalized spacial score (nSPS) is 11.1. The van der Waals surface area contributed by atoms with Crippen molar-refractivity contribution in [1.29, 1.82) is 0 Å². The highest BCUT2D eigenvalue weighted by Crippen LogP contribution is 2.06. The first kappa shape index (κ1) is 17.7. The number of anilines is 1. The molecule has 0 spiro atoms. The van der Waals surface area contributed by atoms with Gasteiger partial charge < -0.3 is 15.0 Å². The lowest BCUT2D eigenvalue weighted by molar-refractivity contribution is 0.206. The summed E-state index contributed by atoms with van der Waals surface area (Å²) in [5, 5.41) is 7.60. The molecule has 0 radical (unpaired) electrons. The van der Waals surface area contributed by atoms with Crippen molar-refractivity contribution < 1.29 is 4.74 Å². The highest BCUT2D eigenvalue weighted by atomic mass is 16.5. The Morgan fingerprint density at radius 3 is 2.86 bits per heavy atom. The molecule has 0 amide bonds. The standard InChI is InChI=1S/C15H28N4O2/c1-13(2)11-16-6-5-7-19-15(20)10-14(12-17-19)18(3)8-9-21-4/h10,12-13,16H,5-9,11H2,1-4H3. The van der Waals surface area contributed by atoms with Crippen LogP contribution in [0.4, 0.5) is 5.69 Å². The van der Waals surface area contributed by atoms with Gasteiger partial charge in [0, 0.05) is 33.3 Å². The van der Waals surface area contributed by atoms with E-state index in [4.69, 9.17) is 4.74 Å². The van der Waals surface area contributed by atoms with E-state index in [1.165, 1.54) is 4.68 Å². The Morgan fingerprint density at radius 1 is 1.48 bits per heavy atom. The number of hydrogen-bond acceptors (Lipinski definition) is 5. The first-order chi connectivity index (χ1) is 10.0. The Labute approximate surface area is 127 Å². The fourth-order valence-electron chi connectivity index (χ4n) is 1.90. The van der Waals surface area contributed by atoms with Crippen molar-refractivity contribution in [3.63, 3.8) is 0 Å². The SMILES string of the molecule is COCCN(C)c1cnn(CCCNCC(C)C)c(=O)c1. The molecule has 0 aliphatic carbocycles. The molecule has 0 atom stereocenters. The van der Waals surface area contributed by atoms with E-state index in [9.17, 15) is 4.79 Å². The number of nitrogens with one attached hydrogen (secondary N) is 1. The Balaban J connectivity index is 2.45. The Bertz CT molecular complexity index is 459. The summed E-state index contributed by atoms with van der Waals surface area (Å²) in [6, 6.07) is 1.63. The van der Waals surface area contributed by atoms with Crippen LogP contribution < -0.4 is 15.8 Å². The van der Waals surface area contributed by atoms with Crippen LogP contribution in [0, 0.1) is 5.92 Å². The van der Waals surface area contributed by atoms with Crippen LogP contribution in [0.5, 0.6) is 0 Å². The van der Waals surface area contributed by atoms with Gasteiger partial charge in [-0.05, 0) is 25.4 Å². The highest BCUT2D eigenvalue weighted by Gasteiger charge is 2.04. The van der Waals surface area contributed by atoms with E-state index in [1.54, 1.807) is 19.4 Å². The van der Waals surface area contributed by atoms with Gasteiger partial charge in [-0.1, -0.05) is 13.8 Å². The molecule has 0 unspecified atom stereocenters. The molecular formula is C15H28N4O2. The molecule has 0 aliphatic heterocycles. The van der Waals surface area contributed by atoms with Crippen LogP contribution in [0.25, 0.3) is 0 Å². The Kier molecular flexibility index (Phi) is 8.00. The lowest BCUT2D eigenvalue weighted by atomic mass is 10.2. The second-order valence-electron chi connectivity index (χ2n) is 5.64. The van der Waals surface area contributed by atoms with Crippen molar-refractivity contribution in [3.05, 3.63) is 22.6 Å². The van der Waals surface area contributed by atoms with Crippen LogP contribution in [-0.2, 0) is 11.3 Å². The molecule has 6 heteroatoms. The van der Waals surface area contributed by atoms with Crippen molar-refractivity contribution in [3.8, 4) is 0 Å². The number of rotatable bonds is 10. The van der Waals surface area contributed by atoms with Gasteiger partial charge in [0.05, 0.1) is 18.5 Å². The van der Waals surface area contributed by atoms with Gasteiger partial charge in [-0.25, -0.2) is 4.68 Å². The first-order valence-corrected chi connectivity index (χ1v) is 7.52. The molecule has 0 saturated carbocycles. The van der Waals surface area contributed by atoms with Crippen LogP contribution in [0.1, 0.15) is 20.3 Å². The van der Waals surface area contributed by atoms with E-state index in [0.717, 1.165) is 31.7 Å². The molecule has 0 aromatic carbocycles. The van der Waals surface area contributed by atoms with Crippen molar-refractivity contribution >= 4 is 5.69 Å².